The summed E-state index contributed by atoms with van der Waals surface area (Å²) in [5.74, 6) is 0.766. The molecule has 0 unspecified atom stereocenters. The normalized spacial score (nSPS) is 8.54. The van der Waals surface area contributed by atoms with Crippen molar-refractivity contribution >= 4 is 0 Å². The van der Waals surface area contributed by atoms with Crippen LogP contribution in [0.25, 0.3) is 0 Å². The lowest BCUT2D eigenvalue weighted by atomic mass is 10.0. The number of benzene rings is 1. The van der Waals surface area contributed by atoms with Crippen LogP contribution in [0.2, 0.25) is 0 Å². The first-order valence-electron chi connectivity index (χ1n) is 4.55. The molecule has 0 N–H and O–H groups in total. The first-order valence-corrected chi connectivity index (χ1v) is 4.55. The Hall–Kier alpha value is -1.29. The van der Waals surface area contributed by atoms with Gasteiger partial charge in [0.2, 0.25) is 0 Å². The lowest BCUT2D eigenvalue weighted by Gasteiger charge is -2.02. The van der Waals surface area contributed by atoms with Crippen LogP contribution in [0.4, 0.5) is 0 Å². The van der Waals surface area contributed by atoms with Gasteiger partial charge in [0.1, 0.15) is 0 Å². The quantitative estimate of drug-likeness (QED) is 0.675. The third-order valence-corrected chi connectivity index (χ3v) is 1.49. The highest BCUT2D eigenvalue weighted by molar-refractivity contribution is 5.14. The molecule has 0 aliphatic rings. The Balaban J connectivity index is 0.000000424. The largest absolute Gasteiger partial charge is 0.199 e. The van der Waals surface area contributed by atoms with Crippen molar-refractivity contribution in [3.05, 3.63) is 35.9 Å². The van der Waals surface area contributed by atoms with Crippen molar-refractivity contribution in [3.8, 4) is 6.07 Å². The summed E-state index contributed by atoms with van der Waals surface area (Å²) in [6.45, 7) is 5.92. The van der Waals surface area contributed by atoms with Crippen molar-refractivity contribution in [2.24, 2.45) is 5.92 Å². The molecule has 1 nitrogen and oxygen atoms in total. The highest BCUT2D eigenvalue weighted by atomic mass is 14.2. The summed E-state index contributed by atoms with van der Waals surface area (Å²) in [4.78, 5) is 0. The number of hydrogen-bond donors (Lipinski definition) is 0. The fourth-order valence-electron chi connectivity index (χ4n) is 1.09. The smallest absolute Gasteiger partial charge is 0.0587 e. The SMILES string of the molecule is CC#N.CC(C)Cc1ccccc1. The molecule has 0 fully saturated rings. The second-order valence-electron chi connectivity index (χ2n) is 3.31. The van der Waals surface area contributed by atoms with Crippen LogP contribution in [0.5, 0.6) is 0 Å². The molecule has 1 heteroatoms. The molecule has 1 aromatic carbocycles. The summed E-state index contributed by atoms with van der Waals surface area (Å²) in [7, 11) is 0. The van der Waals surface area contributed by atoms with E-state index in [1.54, 1.807) is 6.07 Å². The molecule has 0 aliphatic carbocycles. The molecule has 70 valence electrons. The Kier molecular flexibility index (Phi) is 6.63. The maximum atomic E-state index is 7.32. The molecule has 0 atom stereocenters. The van der Waals surface area contributed by atoms with E-state index in [0.717, 1.165) is 5.92 Å². The molecular formula is C12H17N. The second kappa shape index (κ2) is 7.36. The highest BCUT2D eigenvalue weighted by Gasteiger charge is 1.94. The van der Waals surface area contributed by atoms with Gasteiger partial charge in [-0.2, -0.15) is 5.26 Å². The van der Waals surface area contributed by atoms with E-state index >= 15 is 0 Å². The van der Waals surface area contributed by atoms with Crippen LogP contribution >= 0.6 is 0 Å². The summed E-state index contributed by atoms with van der Waals surface area (Å²) in [5, 5.41) is 7.32. The number of rotatable bonds is 2. The second-order valence-corrected chi connectivity index (χ2v) is 3.31. The molecule has 0 spiro atoms. The first kappa shape index (κ1) is 11.7. The maximum absolute atomic E-state index is 7.32. The predicted molar refractivity (Wildman–Crippen MR) is 56.3 cm³/mol. The van der Waals surface area contributed by atoms with Crippen LogP contribution in [-0.4, -0.2) is 0 Å². The van der Waals surface area contributed by atoms with E-state index in [4.69, 9.17) is 5.26 Å². The topological polar surface area (TPSA) is 23.8 Å². The number of hydrogen-bond acceptors (Lipinski definition) is 1. The van der Waals surface area contributed by atoms with Gasteiger partial charge in [-0.25, -0.2) is 0 Å². The van der Waals surface area contributed by atoms with Crippen LogP contribution in [0, 0.1) is 17.2 Å². The van der Waals surface area contributed by atoms with Crippen molar-refractivity contribution in [2.75, 3.05) is 0 Å². The van der Waals surface area contributed by atoms with Crippen LogP contribution in [0.1, 0.15) is 26.3 Å². The summed E-state index contributed by atoms with van der Waals surface area (Å²) in [6.07, 6.45) is 1.20. The molecular weight excluding hydrogens is 158 g/mol. The fraction of sp³-hybridized carbons (Fsp3) is 0.417. The van der Waals surface area contributed by atoms with Crippen molar-refractivity contribution in [2.45, 2.75) is 27.2 Å². The minimum Gasteiger partial charge on any atom is -0.199 e. The Morgan fingerprint density at radius 3 is 2.08 bits per heavy atom. The maximum Gasteiger partial charge on any atom is 0.0587 e. The van der Waals surface area contributed by atoms with E-state index in [2.05, 4.69) is 44.2 Å². The number of nitrogens with zero attached hydrogens (tertiary/aromatic N) is 1. The van der Waals surface area contributed by atoms with Crippen LogP contribution in [0.3, 0.4) is 0 Å². The average Bonchev–Trinajstić information content (AvgIpc) is 2.06. The molecule has 0 saturated heterocycles. The minimum atomic E-state index is 0.766. The predicted octanol–water partition coefficient (Wildman–Crippen LogP) is 3.41. The van der Waals surface area contributed by atoms with E-state index in [1.807, 2.05) is 0 Å². The monoisotopic (exact) mass is 175 g/mol. The summed E-state index contributed by atoms with van der Waals surface area (Å²) in [6, 6.07) is 12.4. The van der Waals surface area contributed by atoms with E-state index in [0.29, 0.717) is 0 Å². The van der Waals surface area contributed by atoms with Gasteiger partial charge < -0.3 is 0 Å². The lowest BCUT2D eigenvalue weighted by molar-refractivity contribution is 0.647. The highest BCUT2D eigenvalue weighted by Crippen LogP contribution is 2.05. The Morgan fingerprint density at radius 2 is 1.69 bits per heavy atom. The van der Waals surface area contributed by atoms with Gasteiger partial charge >= 0.3 is 0 Å². The Bertz CT molecular complexity index is 244. The van der Waals surface area contributed by atoms with Gasteiger partial charge in [-0.05, 0) is 17.9 Å². The Morgan fingerprint density at radius 1 is 1.23 bits per heavy atom. The van der Waals surface area contributed by atoms with Gasteiger partial charge in [0.05, 0.1) is 6.07 Å². The van der Waals surface area contributed by atoms with Gasteiger partial charge in [0.25, 0.3) is 0 Å². The van der Waals surface area contributed by atoms with Crippen molar-refractivity contribution in [1.82, 2.24) is 0 Å². The zero-order chi connectivity index (χ0) is 10.1. The van der Waals surface area contributed by atoms with Gasteiger partial charge in [0.15, 0.2) is 0 Å². The molecule has 1 aromatic rings. The van der Waals surface area contributed by atoms with E-state index < -0.39 is 0 Å². The minimum absolute atomic E-state index is 0.766. The van der Waals surface area contributed by atoms with Gasteiger partial charge in [-0.3, -0.25) is 0 Å². The van der Waals surface area contributed by atoms with Crippen molar-refractivity contribution in [3.63, 3.8) is 0 Å². The molecule has 0 amide bonds. The number of nitriles is 1. The van der Waals surface area contributed by atoms with Gasteiger partial charge in [-0.1, -0.05) is 44.2 Å². The summed E-state index contributed by atoms with van der Waals surface area (Å²) >= 11 is 0. The van der Waals surface area contributed by atoms with E-state index in [9.17, 15) is 0 Å². The van der Waals surface area contributed by atoms with Crippen LogP contribution < -0.4 is 0 Å². The average molecular weight is 175 g/mol. The summed E-state index contributed by atoms with van der Waals surface area (Å²) in [5.41, 5.74) is 1.44. The molecule has 13 heavy (non-hydrogen) atoms. The van der Waals surface area contributed by atoms with Gasteiger partial charge in [0, 0.05) is 6.92 Å². The fourth-order valence-corrected chi connectivity index (χ4v) is 1.09. The lowest BCUT2D eigenvalue weighted by Crippen LogP contribution is -1.92. The molecule has 0 radical (unpaired) electrons. The third kappa shape index (κ3) is 7.08. The standard InChI is InChI=1S/C10H14.C2H3N/c1-9(2)8-10-6-4-3-5-7-10;1-2-3/h3-7,9H,8H2,1-2H3;1H3. The zero-order valence-corrected chi connectivity index (χ0v) is 8.62. The molecule has 0 aromatic heterocycles. The van der Waals surface area contributed by atoms with Crippen LogP contribution in [0.15, 0.2) is 30.3 Å². The molecule has 1 rings (SSSR count). The first-order chi connectivity index (χ1) is 6.20. The van der Waals surface area contributed by atoms with E-state index in [-0.39, 0.29) is 0 Å². The molecule has 0 aliphatic heterocycles. The molecule has 0 saturated carbocycles. The molecule has 0 bridgehead atoms. The van der Waals surface area contributed by atoms with Crippen molar-refractivity contribution in [1.29, 1.82) is 5.26 Å². The third-order valence-electron chi connectivity index (χ3n) is 1.49. The summed E-state index contributed by atoms with van der Waals surface area (Å²) < 4.78 is 0. The van der Waals surface area contributed by atoms with Gasteiger partial charge in [-0.15, -0.1) is 0 Å². The zero-order valence-electron chi connectivity index (χ0n) is 8.62. The molecule has 0 heterocycles. The van der Waals surface area contributed by atoms with Crippen LogP contribution in [-0.2, 0) is 6.42 Å². The van der Waals surface area contributed by atoms with Crippen molar-refractivity contribution < 1.29 is 0 Å². The van der Waals surface area contributed by atoms with E-state index in [1.165, 1.54) is 18.9 Å². The Labute approximate surface area is 81.0 Å².